The quantitative estimate of drug-likeness (QED) is 0.914. The first-order valence-corrected chi connectivity index (χ1v) is 8.13. The van der Waals surface area contributed by atoms with Gasteiger partial charge in [-0.1, -0.05) is 6.07 Å². The number of hydrogen-bond donors (Lipinski definition) is 1. The molecule has 2 aromatic rings. The van der Waals surface area contributed by atoms with E-state index in [0.717, 1.165) is 11.1 Å². The maximum atomic E-state index is 12.3. The Labute approximate surface area is 140 Å². The highest BCUT2D eigenvalue weighted by Gasteiger charge is 2.40. The molecule has 2 amide bonds. The molecule has 24 heavy (non-hydrogen) atoms. The average Bonchev–Trinajstić information content (AvgIpc) is 3.16. The Morgan fingerprint density at radius 2 is 2.29 bits per heavy atom. The highest BCUT2D eigenvalue weighted by atomic mass is 16.3. The number of carbonyl (C=O) groups is 2. The summed E-state index contributed by atoms with van der Waals surface area (Å²) in [6, 6.07) is 5.54. The Morgan fingerprint density at radius 3 is 2.92 bits per heavy atom. The van der Waals surface area contributed by atoms with Gasteiger partial charge in [-0.2, -0.15) is 0 Å². The van der Waals surface area contributed by atoms with E-state index in [1.807, 2.05) is 30.9 Å². The Balaban J connectivity index is 1.75. The summed E-state index contributed by atoms with van der Waals surface area (Å²) in [5.41, 5.74) is 1.80. The molecule has 0 spiro atoms. The van der Waals surface area contributed by atoms with Crippen molar-refractivity contribution in [2.45, 2.75) is 26.3 Å². The van der Waals surface area contributed by atoms with Crippen LogP contribution in [0.1, 0.15) is 41.1 Å². The second-order valence-electron chi connectivity index (χ2n) is 6.02. The second-order valence-corrected chi connectivity index (χ2v) is 6.02. The zero-order chi connectivity index (χ0) is 17.1. The number of aromatic nitrogens is 1. The first-order valence-electron chi connectivity index (χ1n) is 8.13. The van der Waals surface area contributed by atoms with Crippen molar-refractivity contribution in [2.75, 3.05) is 13.1 Å². The number of carbonyl (C=O) groups excluding carboxylic acids is 2. The van der Waals surface area contributed by atoms with Crippen LogP contribution in [-0.2, 0) is 4.79 Å². The van der Waals surface area contributed by atoms with Crippen molar-refractivity contribution in [2.24, 2.45) is 5.92 Å². The molecule has 6 nitrogen and oxygen atoms in total. The van der Waals surface area contributed by atoms with Gasteiger partial charge in [0.2, 0.25) is 5.91 Å². The van der Waals surface area contributed by atoms with Crippen LogP contribution in [0.3, 0.4) is 0 Å². The summed E-state index contributed by atoms with van der Waals surface area (Å²) in [6.07, 6.45) is 5.43. The van der Waals surface area contributed by atoms with Gasteiger partial charge in [-0.05, 0) is 31.5 Å². The Hall–Kier alpha value is -2.63. The Morgan fingerprint density at radius 1 is 1.46 bits per heavy atom. The first-order chi connectivity index (χ1) is 11.6. The SMILES string of the molecule is CCN1C(=O)C[C@@H](CNC(=O)c2occc2C)[C@@H]1c1cccnc1. The van der Waals surface area contributed by atoms with E-state index in [2.05, 4.69) is 10.3 Å². The molecule has 0 aliphatic carbocycles. The smallest absolute Gasteiger partial charge is 0.287 e. The highest BCUT2D eigenvalue weighted by Crippen LogP contribution is 2.37. The number of aryl methyl sites for hydroxylation is 1. The molecule has 0 aromatic carbocycles. The van der Waals surface area contributed by atoms with Crippen LogP contribution in [0.5, 0.6) is 0 Å². The van der Waals surface area contributed by atoms with E-state index in [-0.39, 0.29) is 23.8 Å². The molecule has 1 aliphatic heterocycles. The van der Waals surface area contributed by atoms with Gasteiger partial charge in [-0.3, -0.25) is 14.6 Å². The van der Waals surface area contributed by atoms with Crippen LogP contribution in [0.25, 0.3) is 0 Å². The summed E-state index contributed by atoms with van der Waals surface area (Å²) >= 11 is 0. The fourth-order valence-electron chi connectivity index (χ4n) is 3.33. The van der Waals surface area contributed by atoms with Gasteiger partial charge in [0.05, 0.1) is 12.3 Å². The number of pyridine rings is 1. The molecule has 3 heterocycles. The minimum absolute atomic E-state index is 0.0147. The fourth-order valence-corrected chi connectivity index (χ4v) is 3.33. The molecule has 2 aromatic heterocycles. The molecule has 0 saturated carbocycles. The number of furan rings is 1. The van der Waals surface area contributed by atoms with Crippen LogP contribution in [0.4, 0.5) is 0 Å². The lowest BCUT2D eigenvalue weighted by Gasteiger charge is -2.27. The molecule has 2 atom stereocenters. The minimum atomic E-state index is -0.246. The number of likely N-dealkylation sites (tertiary alicyclic amines) is 1. The normalized spacial score (nSPS) is 20.4. The van der Waals surface area contributed by atoms with Gasteiger partial charge in [-0.25, -0.2) is 0 Å². The van der Waals surface area contributed by atoms with Gasteiger partial charge in [0.1, 0.15) is 0 Å². The van der Waals surface area contributed by atoms with Crippen molar-refractivity contribution in [1.29, 1.82) is 0 Å². The lowest BCUT2D eigenvalue weighted by atomic mass is 9.94. The van der Waals surface area contributed by atoms with Crippen LogP contribution in [-0.4, -0.2) is 34.8 Å². The number of nitrogens with one attached hydrogen (secondary N) is 1. The van der Waals surface area contributed by atoms with Gasteiger partial charge in [0.25, 0.3) is 5.91 Å². The minimum Gasteiger partial charge on any atom is -0.459 e. The molecule has 1 fully saturated rings. The van der Waals surface area contributed by atoms with Crippen molar-refractivity contribution in [3.05, 3.63) is 53.7 Å². The molecule has 1 N–H and O–H groups in total. The highest BCUT2D eigenvalue weighted by molar-refractivity contribution is 5.92. The largest absolute Gasteiger partial charge is 0.459 e. The molecule has 1 aliphatic rings. The summed E-state index contributed by atoms with van der Waals surface area (Å²) in [6.45, 7) is 4.85. The number of hydrogen-bond acceptors (Lipinski definition) is 4. The molecule has 126 valence electrons. The summed E-state index contributed by atoms with van der Waals surface area (Å²) in [5, 5.41) is 2.90. The van der Waals surface area contributed by atoms with Gasteiger partial charge in [0, 0.05) is 43.4 Å². The van der Waals surface area contributed by atoms with Crippen molar-refractivity contribution in [3.63, 3.8) is 0 Å². The molecule has 0 bridgehead atoms. The summed E-state index contributed by atoms with van der Waals surface area (Å²) in [4.78, 5) is 30.6. The predicted octanol–water partition coefficient (Wildman–Crippen LogP) is 2.32. The molecule has 6 heteroatoms. The van der Waals surface area contributed by atoms with Crippen LogP contribution < -0.4 is 5.32 Å². The van der Waals surface area contributed by atoms with Crippen molar-refractivity contribution in [1.82, 2.24) is 15.2 Å². The summed E-state index contributed by atoms with van der Waals surface area (Å²) in [7, 11) is 0. The summed E-state index contributed by atoms with van der Waals surface area (Å²) in [5.74, 6) is 0.204. The third-order valence-electron chi connectivity index (χ3n) is 4.50. The van der Waals surface area contributed by atoms with Gasteiger partial charge in [-0.15, -0.1) is 0 Å². The maximum absolute atomic E-state index is 12.3. The van der Waals surface area contributed by atoms with E-state index < -0.39 is 0 Å². The molecule has 0 unspecified atom stereocenters. The molecule has 3 rings (SSSR count). The lowest BCUT2D eigenvalue weighted by Crippen LogP contribution is -2.34. The second kappa shape index (κ2) is 6.86. The zero-order valence-electron chi connectivity index (χ0n) is 13.9. The van der Waals surface area contributed by atoms with Gasteiger partial charge < -0.3 is 14.6 Å². The Bertz CT molecular complexity index is 726. The van der Waals surface area contributed by atoms with Crippen LogP contribution in [0.15, 0.2) is 41.3 Å². The Kier molecular flexibility index (Phi) is 4.64. The maximum Gasteiger partial charge on any atom is 0.287 e. The molecule has 0 radical (unpaired) electrons. The number of nitrogens with zero attached hydrogens (tertiary/aromatic N) is 2. The monoisotopic (exact) mass is 327 g/mol. The topological polar surface area (TPSA) is 75.4 Å². The van der Waals surface area contributed by atoms with Crippen molar-refractivity contribution in [3.8, 4) is 0 Å². The van der Waals surface area contributed by atoms with Crippen molar-refractivity contribution >= 4 is 11.8 Å². The average molecular weight is 327 g/mol. The van der Waals surface area contributed by atoms with Gasteiger partial charge >= 0.3 is 0 Å². The van der Waals surface area contributed by atoms with Crippen LogP contribution in [0, 0.1) is 12.8 Å². The molecular formula is C18H21N3O3. The number of amides is 2. The van der Waals surface area contributed by atoms with Gasteiger partial charge in [0.15, 0.2) is 5.76 Å². The number of rotatable bonds is 5. The van der Waals surface area contributed by atoms with E-state index in [1.165, 1.54) is 6.26 Å². The summed E-state index contributed by atoms with van der Waals surface area (Å²) < 4.78 is 5.22. The van der Waals surface area contributed by atoms with Crippen LogP contribution in [0.2, 0.25) is 0 Å². The van der Waals surface area contributed by atoms with E-state index in [9.17, 15) is 9.59 Å². The van der Waals surface area contributed by atoms with Crippen LogP contribution >= 0.6 is 0 Å². The third kappa shape index (κ3) is 3.04. The third-order valence-corrected chi connectivity index (χ3v) is 4.50. The standard InChI is InChI=1S/C18H21N3O3/c1-3-21-15(22)9-14(16(21)13-5-4-7-19-10-13)11-20-18(23)17-12(2)6-8-24-17/h4-8,10,14,16H,3,9,11H2,1-2H3,(H,20,23)/t14-,16-/m0/s1. The molecule has 1 saturated heterocycles. The lowest BCUT2D eigenvalue weighted by molar-refractivity contribution is -0.128. The zero-order valence-corrected chi connectivity index (χ0v) is 13.9. The van der Waals surface area contributed by atoms with Crippen molar-refractivity contribution < 1.29 is 14.0 Å². The van der Waals surface area contributed by atoms with E-state index in [0.29, 0.717) is 25.3 Å². The first kappa shape index (κ1) is 16.2. The van der Waals surface area contributed by atoms with E-state index in [4.69, 9.17) is 4.42 Å². The van der Waals surface area contributed by atoms with E-state index >= 15 is 0 Å². The predicted molar refractivity (Wildman–Crippen MR) is 88.3 cm³/mol. The fraction of sp³-hybridized carbons (Fsp3) is 0.389. The molecular weight excluding hydrogens is 306 g/mol. The van der Waals surface area contributed by atoms with E-state index in [1.54, 1.807) is 18.5 Å².